The molecule has 180 valence electrons. The van der Waals surface area contributed by atoms with Crippen molar-refractivity contribution in [3.63, 3.8) is 0 Å². The molecule has 0 atom stereocenters. The molecule has 4 rings (SSSR count). The average molecular weight is 471 g/mol. The molecule has 0 aliphatic heterocycles. The van der Waals surface area contributed by atoms with Gasteiger partial charge in [0.05, 0.1) is 14.2 Å². The number of nitrogens with one attached hydrogen (secondary N) is 3. The summed E-state index contributed by atoms with van der Waals surface area (Å²) < 4.78 is 10.6. The standard InChI is InChI=1S/C28H30N4O3/c1-18-9-10-19(2)24(15-18)31-28(29-14-13-21-17-30-23-8-6-5-7-22(21)23)32-27(33)20-11-12-25(34-3)26(16-20)35-4/h5-12,15-17,30H,13-14H2,1-4H3,(H2,29,31,32,33). The summed E-state index contributed by atoms with van der Waals surface area (Å²) in [4.78, 5) is 21.1. The molecule has 0 saturated heterocycles. The van der Waals surface area contributed by atoms with Crippen LogP contribution in [0.5, 0.6) is 11.5 Å². The van der Waals surface area contributed by atoms with Crippen LogP contribution in [0.3, 0.4) is 0 Å². The Morgan fingerprint density at radius 1 is 0.971 bits per heavy atom. The molecule has 7 nitrogen and oxygen atoms in total. The number of fused-ring (bicyclic) bond motifs is 1. The van der Waals surface area contributed by atoms with Gasteiger partial charge in [0, 0.05) is 34.9 Å². The summed E-state index contributed by atoms with van der Waals surface area (Å²) in [7, 11) is 3.10. The number of aromatic nitrogens is 1. The zero-order valence-corrected chi connectivity index (χ0v) is 20.4. The second-order valence-electron chi connectivity index (χ2n) is 8.31. The molecule has 0 saturated carbocycles. The number of methoxy groups -OCH3 is 2. The Kier molecular flexibility index (Phi) is 7.35. The number of guanidine groups is 1. The van der Waals surface area contributed by atoms with Crippen molar-refractivity contribution >= 4 is 28.5 Å². The van der Waals surface area contributed by atoms with Gasteiger partial charge in [-0.1, -0.05) is 30.3 Å². The fraction of sp³-hybridized carbons (Fsp3) is 0.214. The van der Waals surface area contributed by atoms with Crippen molar-refractivity contribution in [1.29, 1.82) is 0 Å². The minimum absolute atomic E-state index is 0.297. The van der Waals surface area contributed by atoms with Crippen molar-refractivity contribution in [2.24, 2.45) is 4.99 Å². The Bertz CT molecular complexity index is 1370. The van der Waals surface area contributed by atoms with Gasteiger partial charge in [0.25, 0.3) is 5.91 Å². The van der Waals surface area contributed by atoms with E-state index in [-0.39, 0.29) is 5.91 Å². The number of aliphatic imine (C=N–C) groups is 1. The first-order chi connectivity index (χ1) is 17.0. The highest BCUT2D eigenvalue weighted by Gasteiger charge is 2.14. The number of anilines is 1. The molecular weight excluding hydrogens is 440 g/mol. The van der Waals surface area contributed by atoms with Crippen molar-refractivity contribution in [2.45, 2.75) is 20.3 Å². The number of hydrogen-bond acceptors (Lipinski definition) is 4. The van der Waals surface area contributed by atoms with Crippen LogP contribution in [0.4, 0.5) is 5.69 Å². The van der Waals surface area contributed by atoms with Crippen LogP contribution in [0, 0.1) is 13.8 Å². The zero-order chi connectivity index (χ0) is 24.8. The molecule has 35 heavy (non-hydrogen) atoms. The first-order valence-corrected chi connectivity index (χ1v) is 11.5. The molecule has 0 aliphatic carbocycles. The van der Waals surface area contributed by atoms with Gasteiger partial charge < -0.3 is 19.8 Å². The van der Waals surface area contributed by atoms with E-state index in [1.165, 1.54) is 10.9 Å². The smallest absolute Gasteiger partial charge is 0.258 e. The second-order valence-corrected chi connectivity index (χ2v) is 8.31. The Balaban J connectivity index is 1.57. The van der Waals surface area contributed by atoms with Crippen molar-refractivity contribution in [1.82, 2.24) is 10.3 Å². The molecule has 0 bridgehead atoms. The predicted molar refractivity (Wildman–Crippen MR) is 141 cm³/mol. The molecule has 0 radical (unpaired) electrons. The van der Waals surface area contributed by atoms with Gasteiger partial charge in [-0.05, 0) is 67.3 Å². The minimum Gasteiger partial charge on any atom is -0.493 e. The van der Waals surface area contributed by atoms with Crippen molar-refractivity contribution < 1.29 is 14.3 Å². The molecule has 0 unspecified atom stereocenters. The Morgan fingerprint density at radius 2 is 1.77 bits per heavy atom. The van der Waals surface area contributed by atoms with Crippen LogP contribution in [0.25, 0.3) is 10.9 Å². The summed E-state index contributed by atoms with van der Waals surface area (Å²) in [5.74, 6) is 1.14. The van der Waals surface area contributed by atoms with Crippen LogP contribution in [0.15, 0.2) is 71.9 Å². The lowest BCUT2D eigenvalue weighted by atomic mass is 10.1. The Hall–Kier alpha value is -4.26. The van der Waals surface area contributed by atoms with Crippen LogP contribution in [0.2, 0.25) is 0 Å². The summed E-state index contributed by atoms with van der Waals surface area (Å²) in [5.41, 5.74) is 5.78. The van der Waals surface area contributed by atoms with Gasteiger partial charge in [-0.15, -0.1) is 0 Å². The third kappa shape index (κ3) is 5.63. The predicted octanol–water partition coefficient (Wildman–Crippen LogP) is 5.24. The Labute approximate surface area is 205 Å². The van der Waals surface area contributed by atoms with Crippen LogP contribution in [-0.4, -0.2) is 37.6 Å². The minimum atomic E-state index is -0.297. The number of carbonyl (C=O) groups excluding carboxylic acids is 1. The maximum Gasteiger partial charge on any atom is 0.258 e. The first-order valence-electron chi connectivity index (χ1n) is 11.5. The number of aromatic amines is 1. The molecule has 3 N–H and O–H groups in total. The fourth-order valence-corrected chi connectivity index (χ4v) is 3.89. The highest BCUT2D eigenvalue weighted by molar-refractivity contribution is 6.10. The van der Waals surface area contributed by atoms with Crippen molar-refractivity contribution in [3.05, 3.63) is 89.1 Å². The number of carbonyl (C=O) groups is 1. The van der Waals surface area contributed by atoms with E-state index in [1.54, 1.807) is 32.4 Å². The molecule has 1 amide bonds. The van der Waals surface area contributed by atoms with Crippen LogP contribution in [-0.2, 0) is 6.42 Å². The number of benzene rings is 3. The van der Waals surface area contributed by atoms with E-state index in [9.17, 15) is 4.79 Å². The van der Waals surface area contributed by atoms with Gasteiger partial charge in [-0.3, -0.25) is 15.1 Å². The quantitative estimate of drug-likeness (QED) is 0.255. The lowest BCUT2D eigenvalue weighted by molar-refractivity contribution is 0.0976. The van der Waals surface area contributed by atoms with Crippen molar-refractivity contribution in [2.75, 3.05) is 26.1 Å². The summed E-state index contributed by atoms with van der Waals surface area (Å²) in [6.07, 6.45) is 2.74. The maximum atomic E-state index is 13.1. The summed E-state index contributed by atoms with van der Waals surface area (Å²) in [6.45, 7) is 4.55. The normalized spacial score (nSPS) is 11.4. The zero-order valence-electron chi connectivity index (χ0n) is 20.4. The SMILES string of the molecule is COc1ccc(C(=O)NC(=NCCc2c[nH]c3ccccc23)Nc2cc(C)ccc2C)cc1OC. The van der Waals surface area contributed by atoms with E-state index in [1.807, 2.05) is 44.3 Å². The highest BCUT2D eigenvalue weighted by Crippen LogP contribution is 2.27. The molecule has 1 heterocycles. The van der Waals surface area contributed by atoms with Gasteiger partial charge in [-0.2, -0.15) is 0 Å². The number of amides is 1. The van der Waals surface area contributed by atoms with Gasteiger partial charge in [-0.25, -0.2) is 0 Å². The Morgan fingerprint density at radius 3 is 2.57 bits per heavy atom. The highest BCUT2D eigenvalue weighted by atomic mass is 16.5. The second kappa shape index (κ2) is 10.8. The molecule has 1 aromatic heterocycles. The summed E-state index contributed by atoms with van der Waals surface area (Å²) in [5, 5.41) is 7.42. The van der Waals surface area contributed by atoms with Crippen LogP contribution in [0.1, 0.15) is 27.0 Å². The number of rotatable bonds is 7. The number of nitrogens with zero attached hydrogens (tertiary/aromatic N) is 1. The van der Waals surface area contributed by atoms with E-state index in [2.05, 4.69) is 33.8 Å². The number of hydrogen-bond donors (Lipinski definition) is 3. The number of H-pyrrole nitrogens is 1. The van der Waals surface area contributed by atoms with E-state index in [0.29, 0.717) is 29.6 Å². The number of ether oxygens (including phenoxy) is 2. The first kappa shape index (κ1) is 23.9. The van der Waals surface area contributed by atoms with Crippen molar-refractivity contribution in [3.8, 4) is 11.5 Å². The van der Waals surface area contributed by atoms with E-state index < -0.39 is 0 Å². The molecule has 3 aromatic carbocycles. The van der Waals surface area contributed by atoms with Gasteiger partial charge in [0.1, 0.15) is 0 Å². The fourth-order valence-electron chi connectivity index (χ4n) is 3.89. The van der Waals surface area contributed by atoms with Crippen LogP contribution < -0.4 is 20.1 Å². The summed E-state index contributed by atoms with van der Waals surface area (Å²) >= 11 is 0. The third-order valence-electron chi connectivity index (χ3n) is 5.85. The maximum absolute atomic E-state index is 13.1. The molecule has 7 heteroatoms. The van der Waals surface area contributed by atoms with E-state index in [0.717, 1.165) is 28.8 Å². The van der Waals surface area contributed by atoms with Gasteiger partial charge >= 0.3 is 0 Å². The number of aryl methyl sites for hydroxylation is 2. The molecule has 0 aliphatic rings. The summed E-state index contributed by atoms with van der Waals surface area (Å²) in [6, 6.07) is 19.4. The number of para-hydroxylation sites is 1. The molecular formula is C28H30N4O3. The van der Waals surface area contributed by atoms with Gasteiger partial charge in [0.2, 0.25) is 5.96 Å². The lowest BCUT2D eigenvalue weighted by Crippen LogP contribution is -2.36. The van der Waals surface area contributed by atoms with Gasteiger partial charge in [0.15, 0.2) is 11.5 Å². The topological polar surface area (TPSA) is 87.7 Å². The lowest BCUT2D eigenvalue weighted by Gasteiger charge is -2.15. The average Bonchev–Trinajstić information content (AvgIpc) is 3.28. The molecule has 4 aromatic rings. The van der Waals surface area contributed by atoms with E-state index >= 15 is 0 Å². The monoisotopic (exact) mass is 470 g/mol. The third-order valence-corrected chi connectivity index (χ3v) is 5.85. The van der Waals surface area contributed by atoms with E-state index in [4.69, 9.17) is 14.5 Å². The molecule has 0 fully saturated rings. The molecule has 0 spiro atoms. The van der Waals surface area contributed by atoms with Crippen LogP contribution >= 0.6 is 0 Å². The largest absolute Gasteiger partial charge is 0.493 e.